The van der Waals surface area contributed by atoms with Gasteiger partial charge in [-0.15, -0.1) is 0 Å². The molecule has 31 heavy (non-hydrogen) atoms. The summed E-state index contributed by atoms with van der Waals surface area (Å²) in [6, 6.07) is 16.3. The van der Waals surface area contributed by atoms with E-state index >= 15 is 0 Å². The molecular formula is C25H20ClFN2O2. The summed E-state index contributed by atoms with van der Waals surface area (Å²) in [7, 11) is 0. The standard InChI is InChI=1S/C25H20ClFN2O2/c1-14-4-5-17(12-15(14)2)22-23(28-20-9-7-19(27)8-10-20)25(31)29(24(22)30)21-11-6-18(26)13-16(21)3/h4-13,28H,1-3H3. The number of nitrogens with zero attached hydrogens (tertiary/aromatic N) is 1. The fourth-order valence-electron chi connectivity index (χ4n) is 3.58. The Kier molecular flexibility index (Phi) is 5.38. The van der Waals surface area contributed by atoms with Gasteiger partial charge in [-0.3, -0.25) is 9.59 Å². The van der Waals surface area contributed by atoms with E-state index in [0.29, 0.717) is 27.5 Å². The maximum absolute atomic E-state index is 13.5. The zero-order valence-electron chi connectivity index (χ0n) is 17.3. The van der Waals surface area contributed by atoms with Crippen molar-refractivity contribution in [1.29, 1.82) is 0 Å². The number of carbonyl (C=O) groups excluding carboxylic acids is 2. The monoisotopic (exact) mass is 434 g/mol. The van der Waals surface area contributed by atoms with Crippen molar-refractivity contribution in [3.05, 3.63) is 99.5 Å². The Morgan fingerprint density at radius 1 is 0.806 bits per heavy atom. The number of aryl methyl sites for hydroxylation is 3. The minimum atomic E-state index is -0.479. The average Bonchev–Trinajstić information content (AvgIpc) is 2.96. The van der Waals surface area contributed by atoms with Crippen LogP contribution in [0.4, 0.5) is 15.8 Å². The van der Waals surface area contributed by atoms with Crippen LogP contribution in [-0.4, -0.2) is 11.8 Å². The number of nitrogens with one attached hydrogen (secondary N) is 1. The zero-order valence-corrected chi connectivity index (χ0v) is 18.0. The first-order chi connectivity index (χ1) is 14.8. The van der Waals surface area contributed by atoms with Crippen LogP contribution >= 0.6 is 11.6 Å². The van der Waals surface area contributed by atoms with Crippen molar-refractivity contribution in [2.75, 3.05) is 10.2 Å². The number of halogens is 2. The van der Waals surface area contributed by atoms with Crippen molar-refractivity contribution < 1.29 is 14.0 Å². The number of amides is 2. The molecule has 0 aliphatic carbocycles. The molecule has 1 N–H and O–H groups in total. The molecule has 3 aromatic carbocycles. The SMILES string of the molecule is Cc1ccc(C2=C(Nc3ccc(F)cc3)C(=O)N(c3ccc(Cl)cc3C)C2=O)cc1C. The van der Waals surface area contributed by atoms with E-state index in [2.05, 4.69) is 5.32 Å². The third-order valence-corrected chi connectivity index (χ3v) is 5.63. The van der Waals surface area contributed by atoms with Gasteiger partial charge in [0.05, 0.1) is 11.3 Å². The quantitative estimate of drug-likeness (QED) is 0.528. The molecule has 0 saturated heterocycles. The largest absolute Gasteiger partial charge is 0.350 e. The summed E-state index contributed by atoms with van der Waals surface area (Å²) in [6.45, 7) is 5.73. The second kappa shape index (κ2) is 8.00. The molecule has 0 aromatic heterocycles. The van der Waals surface area contributed by atoms with Crippen molar-refractivity contribution in [2.45, 2.75) is 20.8 Å². The second-order valence-electron chi connectivity index (χ2n) is 7.56. The summed E-state index contributed by atoms with van der Waals surface area (Å²) < 4.78 is 13.3. The summed E-state index contributed by atoms with van der Waals surface area (Å²) in [5, 5.41) is 3.56. The molecule has 156 valence electrons. The van der Waals surface area contributed by atoms with E-state index in [-0.39, 0.29) is 17.1 Å². The van der Waals surface area contributed by atoms with E-state index < -0.39 is 11.8 Å². The van der Waals surface area contributed by atoms with Gasteiger partial charge in [0.1, 0.15) is 11.5 Å². The first-order valence-electron chi connectivity index (χ1n) is 9.75. The minimum Gasteiger partial charge on any atom is -0.350 e. The number of carbonyl (C=O) groups is 2. The van der Waals surface area contributed by atoms with Gasteiger partial charge in [-0.25, -0.2) is 9.29 Å². The van der Waals surface area contributed by atoms with Crippen LogP contribution in [0.1, 0.15) is 22.3 Å². The molecule has 0 bridgehead atoms. The van der Waals surface area contributed by atoms with Gasteiger partial charge in [0.25, 0.3) is 11.8 Å². The van der Waals surface area contributed by atoms with Crippen molar-refractivity contribution in [3.63, 3.8) is 0 Å². The van der Waals surface area contributed by atoms with Gasteiger partial charge >= 0.3 is 0 Å². The summed E-state index contributed by atoms with van der Waals surface area (Å²) in [6.07, 6.45) is 0. The molecule has 2 amide bonds. The van der Waals surface area contributed by atoms with Crippen molar-refractivity contribution in [2.24, 2.45) is 0 Å². The molecule has 3 aromatic rings. The molecule has 0 radical (unpaired) electrons. The molecular weight excluding hydrogens is 415 g/mol. The Hall–Kier alpha value is -3.44. The maximum atomic E-state index is 13.5. The summed E-state index contributed by atoms with van der Waals surface area (Å²) >= 11 is 6.06. The second-order valence-corrected chi connectivity index (χ2v) is 7.99. The van der Waals surface area contributed by atoms with E-state index in [0.717, 1.165) is 16.0 Å². The molecule has 1 aliphatic rings. The molecule has 0 fully saturated rings. The van der Waals surface area contributed by atoms with Gasteiger partial charge < -0.3 is 5.32 Å². The van der Waals surface area contributed by atoms with E-state index in [1.165, 1.54) is 24.3 Å². The number of benzene rings is 3. The van der Waals surface area contributed by atoms with Gasteiger partial charge in [0, 0.05) is 10.7 Å². The first kappa shape index (κ1) is 20.8. The highest BCUT2D eigenvalue weighted by molar-refractivity contribution is 6.46. The highest BCUT2D eigenvalue weighted by atomic mass is 35.5. The van der Waals surface area contributed by atoms with Crippen LogP contribution in [0.25, 0.3) is 5.57 Å². The molecule has 1 aliphatic heterocycles. The van der Waals surface area contributed by atoms with Gasteiger partial charge in [-0.05, 0) is 85.5 Å². The minimum absolute atomic E-state index is 0.147. The summed E-state index contributed by atoms with van der Waals surface area (Å²) in [4.78, 5) is 28.1. The van der Waals surface area contributed by atoms with Crippen LogP contribution in [0.3, 0.4) is 0 Å². The average molecular weight is 435 g/mol. The Balaban J connectivity index is 1.85. The van der Waals surface area contributed by atoms with Crippen molar-refractivity contribution >= 4 is 40.4 Å². The zero-order chi connectivity index (χ0) is 22.3. The lowest BCUT2D eigenvalue weighted by Crippen LogP contribution is -2.33. The maximum Gasteiger partial charge on any atom is 0.282 e. The summed E-state index contributed by atoms with van der Waals surface area (Å²) in [5.41, 5.74) is 4.83. The van der Waals surface area contributed by atoms with Crippen molar-refractivity contribution in [1.82, 2.24) is 0 Å². The number of imide groups is 1. The molecule has 0 unspecified atom stereocenters. The molecule has 0 spiro atoms. The number of hydrogen-bond acceptors (Lipinski definition) is 3. The molecule has 0 saturated carbocycles. The van der Waals surface area contributed by atoms with Gasteiger partial charge in [-0.2, -0.15) is 0 Å². The van der Waals surface area contributed by atoms with Crippen molar-refractivity contribution in [3.8, 4) is 0 Å². The molecule has 6 heteroatoms. The lowest BCUT2D eigenvalue weighted by molar-refractivity contribution is -0.120. The molecule has 0 atom stereocenters. The van der Waals surface area contributed by atoms with Crippen LogP contribution in [-0.2, 0) is 9.59 Å². The third kappa shape index (κ3) is 3.84. The van der Waals surface area contributed by atoms with E-state index in [4.69, 9.17) is 11.6 Å². The Morgan fingerprint density at radius 3 is 2.16 bits per heavy atom. The summed E-state index contributed by atoms with van der Waals surface area (Å²) in [5.74, 6) is -1.29. The molecule has 4 rings (SSSR count). The van der Waals surface area contributed by atoms with Crippen LogP contribution in [0, 0.1) is 26.6 Å². The fraction of sp³-hybridized carbons (Fsp3) is 0.120. The molecule has 4 nitrogen and oxygen atoms in total. The van der Waals surface area contributed by atoms with Crippen LogP contribution in [0.2, 0.25) is 5.02 Å². The predicted molar refractivity (Wildman–Crippen MR) is 122 cm³/mol. The van der Waals surface area contributed by atoms with Crippen LogP contribution < -0.4 is 10.2 Å². The highest BCUT2D eigenvalue weighted by Crippen LogP contribution is 2.36. The lowest BCUT2D eigenvalue weighted by atomic mass is 9.99. The Morgan fingerprint density at radius 2 is 1.52 bits per heavy atom. The van der Waals surface area contributed by atoms with Gasteiger partial charge in [0.15, 0.2) is 0 Å². The van der Waals surface area contributed by atoms with E-state index in [9.17, 15) is 14.0 Å². The normalized spacial score (nSPS) is 13.9. The topological polar surface area (TPSA) is 49.4 Å². The predicted octanol–water partition coefficient (Wildman–Crippen LogP) is 5.80. The highest BCUT2D eigenvalue weighted by Gasteiger charge is 2.40. The van der Waals surface area contributed by atoms with Gasteiger partial charge in [-0.1, -0.05) is 29.8 Å². The lowest BCUT2D eigenvalue weighted by Gasteiger charge is -2.18. The van der Waals surface area contributed by atoms with E-state index in [1.807, 2.05) is 32.0 Å². The van der Waals surface area contributed by atoms with E-state index in [1.54, 1.807) is 25.1 Å². The number of rotatable bonds is 4. The number of hydrogen-bond donors (Lipinski definition) is 1. The third-order valence-electron chi connectivity index (χ3n) is 5.39. The fourth-order valence-corrected chi connectivity index (χ4v) is 3.80. The van der Waals surface area contributed by atoms with Crippen LogP contribution in [0.5, 0.6) is 0 Å². The Bertz CT molecular complexity index is 1250. The van der Waals surface area contributed by atoms with Gasteiger partial charge in [0.2, 0.25) is 0 Å². The Labute approximate surface area is 185 Å². The molecule has 1 heterocycles. The smallest absolute Gasteiger partial charge is 0.282 e. The van der Waals surface area contributed by atoms with Crippen LogP contribution in [0.15, 0.2) is 66.4 Å². The number of anilines is 2. The first-order valence-corrected chi connectivity index (χ1v) is 10.1.